The normalized spacial score (nSPS) is 31.1. The lowest BCUT2D eigenvalue weighted by Gasteiger charge is -2.34. The van der Waals surface area contributed by atoms with Gasteiger partial charge in [0.25, 0.3) is 0 Å². The molecule has 2 bridgehead atoms. The van der Waals surface area contributed by atoms with Crippen molar-refractivity contribution in [1.29, 1.82) is 0 Å². The van der Waals surface area contributed by atoms with E-state index in [0.717, 1.165) is 25.2 Å². The van der Waals surface area contributed by atoms with Gasteiger partial charge >= 0.3 is 0 Å². The molecule has 0 radical (unpaired) electrons. The van der Waals surface area contributed by atoms with Crippen molar-refractivity contribution in [3.8, 4) is 0 Å². The maximum absolute atomic E-state index is 11.4. The zero-order valence-electron chi connectivity index (χ0n) is 12.8. The summed E-state index contributed by atoms with van der Waals surface area (Å²) in [5.41, 5.74) is 2.03. The van der Waals surface area contributed by atoms with Crippen LogP contribution in [0.2, 0.25) is 0 Å². The summed E-state index contributed by atoms with van der Waals surface area (Å²) in [6.45, 7) is 2.23. The van der Waals surface area contributed by atoms with Gasteiger partial charge in [0.1, 0.15) is 0 Å². The molecule has 1 nitrogen and oxygen atoms in total. The first-order valence-electron chi connectivity index (χ1n) is 8.46. The van der Waals surface area contributed by atoms with Crippen molar-refractivity contribution in [3.05, 3.63) is 47.5 Å². The van der Waals surface area contributed by atoms with Crippen molar-refractivity contribution < 1.29 is 5.11 Å². The summed E-state index contributed by atoms with van der Waals surface area (Å²) in [6, 6.07) is 13.1. The van der Waals surface area contributed by atoms with Crippen molar-refractivity contribution in [2.75, 3.05) is 0 Å². The Labute approximate surface area is 127 Å². The van der Waals surface area contributed by atoms with Gasteiger partial charge in [0.2, 0.25) is 0 Å². The zero-order chi connectivity index (χ0) is 14.4. The van der Waals surface area contributed by atoms with E-state index in [1.54, 1.807) is 0 Å². The van der Waals surface area contributed by atoms with Crippen LogP contribution in [-0.2, 0) is 12.0 Å². The third kappa shape index (κ3) is 1.94. The highest BCUT2D eigenvalue weighted by atomic mass is 16.3. The minimum atomic E-state index is -0.576. The largest absolute Gasteiger partial charge is 0.385 e. The van der Waals surface area contributed by atoms with Gasteiger partial charge in [0, 0.05) is 0 Å². The van der Waals surface area contributed by atoms with Crippen molar-refractivity contribution in [2.24, 2.45) is 11.8 Å². The third-order valence-corrected chi connectivity index (χ3v) is 5.82. The Bertz CT molecular complexity index is 675. The predicted octanol–water partition coefficient (Wildman–Crippen LogP) is 4.80. The van der Waals surface area contributed by atoms with E-state index in [4.69, 9.17) is 0 Å². The van der Waals surface area contributed by atoms with Gasteiger partial charge in [0.05, 0.1) is 5.60 Å². The highest BCUT2D eigenvalue weighted by Gasteiger charge is 2.51. The number of rotatable bonds is 3. The fourth-order valence-electron chi connectivity index (χ4n) is 4.86. The molecule has 2 aromatic rings. The van der Waals surface area contributed by atoms with E-state index in [1.165, 1.54) is 41.2 Å². The number of aliphatic hydroxyl groups is 1. The molecule has 0 heterocycles. The molecule has 0 saturated heterocycles. The summed E-state index contributed by atoms with van der Waals surface area (Å²) < 4.78 is 0. The minimum absolute atomic E-state index is 0.475. The van der Waals surface area contributed by atoms with Crippen molar-refractivity contribution >= 4 is 10.8 Å². The van der Waals surface area contributed by atoms with Crippen LogP contribution in [0.4, 0.5) is 0 Å². The van der Waals surface area contributed by atoms with Crippen LogP contribution in [-0.4, -0.2) is 5.11 Å². The number of fused-ring (bicyclic) bond motifs is 3. The van der Waals surface area contributed by atoms with Crippen LogP contribution in [0.25, 0.3) is 10.8 Å². The fraction of sp³-hybridized carbons (Fsp3) is 0.500. The van der Waals surface area contributed by atoms with E-state index in [2.05, 4.69) is 43.3 Å². The van der Waals surface area contributed by atoms with Crippen molar-refractivity contribution in [1.82, 2.24) is 0 Å². The van der Waals surface area contributed by atoms with Gasteiger partial charge in [0.15, 0.2) is 0 Å². The Morgan fingerprint density at radius 2 is 1.90 bits per heavy atom. The van der Waals surface area contributed by atoms with E-state index < -0.39 is 5.60 Å². The maximum atomic E-state index is 11.4. The lowest BCUT2D eigenvalue weighted by atomic mass is 9.76. The molecule has 110 valence electrons. The Morgan fingerprint density at radius 1 is 1.10 bits per heavy atom. The second kappa shape index (κ2) is 4.84. The summed E-state index contributed by atoms with van der Waals surface area (Å²) in [7, 11) is 0. The standard InChI is InChI=1S/C20H24O/c1-2-5-15-9-11-19(18-7-4-3-6-17(15)18)20(21)13-14-8-10-16(20)12-14/h3-4,6-7,9,11,14,16,21H,2,5,8,10,12-13H2,1H3. The van der Waals surface area contributed by atoms with E-state index in [-0.39, 0.29) is 0 Å². The van der Waals surface area contributed by atoms with Gasteiger partial charge in [-0.25, -0.2) is 0 Å². The lowest BCUT2D eigenvalue weighted by molar-refractivity contribution is -0.0168. The molecule has 4 rings (SSSR count). The summed E-state index contributed by atoms with van der Waals surface area (Å²) in [4.78, 5) is 0. The lowest BCUT2D eigenvalue weighted by Crippen LogP contribution is -2.32. The molecule has 3 atom stereocenters. The molecule has 2 aliphatic rings. The maximum Gasteiger partial charge on any atom is 0.0933 e. The van der Waals surface area contributed by atoms with Crippen LogP contribution in [0.3, 0.4) is 0 Å². The summed E-state index contributed by atoms with van der Waals surface area (Å²) in [5.74, 6) is 1.22. The Kier molecular flexibility index (Phi) is 3.08. The van der Waals surface area contributed by atoms with Crippen LogP contribution in [0.1, 0.15) is 50.2 Å². The molecule has 0 aromatic heterocycles. The van der Waals surface area contributed by atoms with Gasteiger partial charge in [-0.3, -0.25) is 0 Å². The van der Waals surface area contributed by atoms with Gasteiger partial charge in [-0.1, -0.05) is 49.7 Å². The monoisotopic (exact) mass is 280 g/mol. The van der Waals surface area contributed by atoms with Crippen LogP contribution in [0, 0.1) is 11.8 Å². The molecule has 2 aliphatic carbocycles. The molecule has 1 heteroatoms. The highest BCUT2D eigenvalue weighted by Crippen LogP contribution is 2.56. The number of aryl methyl sites for hydroxylation is 1. The molecule has 3 unspecified atom stereocenters. The quantitative estimate of drug-likeness (QED) is 0.856. The second-order valence-corrected chi connectivity index (χ2v) is 7.07. The predicted molar refractivity (Wildman–Crippen MR) is 87.3 cm³/mol. The fourth-order valence-corrected chi connectivity index (χ4v) is 4.86. The van der Waals surface area contributed by atoms with Crippen molar-refractivity contribution in [3.63, 3.8) is 0 Å². The molecule has 0 spiro atoms. The van der Waals surface area contributed by atoms with Gasteiger partial charge < -0.3 is 5.11 Å². The molecular formula is C20H24O. The van der Waals surface area contributed by atoms with E-state index in [0.29, 0.717) is 5.92 Å². The van der Waals surface area contributed by atoms with E-state index in [1.807, 2.05) is 0 Å². The average Bonchev–Trinajstić information content (AvgIpc) is 3.08. The molecule has 2 saturated carbocycles. The summed E-state index contributed by atoms with van der Waals surface area (Å²) in [6.07, 6.45) is 6.99. The average molecular weight is 280 g/mol. The smallest absolute Gasteiger partial charge is 0.0933 e. The summed E-state index contributed by atoms with van der Waals surface area (Å²) >= 11 is 0. The highest BCUT2D eigenvalue weighted by molar-refractivity contribution is 5.89. The topological polar surface area (TPSA) is 20.2 Å². The van der Waals surface area contributed by atoms with Crippen LogP contribution in [0.15, 0.2) is 36.4 Å². The molecule has 21 heavy (non-hydrogen) atoms. The van der Waals surface area contributed by atoms with Crippen molar-refractivity contribution in [2.45, 2.75) is 51.0 Å². The second-order valence-electron chi connectivity index (χ2n) is 7.07. The van der Waals surface area contributed by atoms with Crippen LogP contribution < -0.4 is 0 Å². The third-order valence-electron chi connectivity index (χ3n) is 5.82. The number of hydrogen-bond donors (Lipinski definition) is 1. The molecule has 0 amide bonds. The van der Waals surface area contributed by atoms with Crippen LogP contribution >= 0.6 is 0 Å². The van der Waals surface area contributed by atoms with E-state index >= 15 is 0 Å². The molecular weight excluding hydrogens is 256 g/mol. The molecule has 0 aliphatic heterocycles. The first-order valence-corrected chi connectivity index (χ1v) is 8.46. The number of hydrogen-bond acceptors (Lipinski definition) is 1. The van der Waals surface area contributed by atoms with Gasteiger partial charge in [-0.15, -0.1) is 0 Å². The molecule has 2 aromatic carbocycles. The Hall–Kier alpha value is -1.34. The molecule has 2 fully saturated rings. The SMILES string of the molecule is CCCc1ccc(C2(O)CC3CCC2C3)c2ccccc12. The Balaban J connectivity index is 1.88. The van der Waals surface area contributed by atoms with E-state index in [9.17, 15) is 5.11 Å². The van der Waals surface area contributed by atoms with Gasteiger partial charge in [-0.05, 0) is 65.8 Å². The number of benzene rings is 2. The Morgan fingerprint density at radius 3 is 2.57 bits per heavy atom. The first kappa shape index (κ1) is 13.3. The van der Waals surface area contributed by atoms with Crippen LogP contribution in [0.5, 0.6) is 0 Å². The molecule has 1 N–H and O–H groups in total. The minimum Gasteiger partial charge on any atom is -0.385 e. The zero-order valence-corrected chi connectivity index (χ0v) is 12.8. The van der Waals surface area contributed by atoms with Gasteiger partial charge in [-0.2, -0.15) is 0 Å². The first-order chi connectivity index (χ1) is 10.2. The summed E-state index contributed by atoms with van der Waals surface area (Å²) in [5, 5.41) is 14.0.